The molecule has 1 heterocycles. The molecule has 0 fully saturated rings. The van der Waals surface area contributed by atoms with Gasteiger partial charge in [0.1, 0.15) is 5.69 Å². The van der Waals surface area contributed by atoms with Crippen molar-refractivity contribution in [1.82, 2.24) is 10.3 Å². The van der Waals surface area contributed by atoms with Gasteiger partial charge in [0.25, 0.3) is 5.91 Å². The number of hydrogen-bond acceptors (Lipinski definition) is 3. The second-order valence-corrected chi connectivity index (χ2v) is 5.01. The predicted molar refractivity (Wildman–Crippen MR) is 83.8 cm³/mol. The van der Waals surface area contributed by atoms with Crippen molar-refractivity contribution >= 4 is 11.7 Å². The lowest BCUT2D eigenvalue weighted by Crippen LogP contribution is -2.25. The number of rotatable bonds is 8. The van der Waals surface area contributed by atoms with E-state index in [1.165, 1.54) is 6.92 Å². The van der Waals surface area contributed by atoms with E-state index in [0.29, 0.717) is 31.0 Å². The van der Waals surface area contributed by atoms with Crippen LogP contribution in [0.25, 0.3) is 0 Å². The third-order valence-corrected chi connectivity index (χ3v) is 3.20. The fraction of sp³-hybridized carbons (Fsp3) is 0.294. The summed E-state index contributed by atoms with van der Waals surface area (Å²) < 4.78 is 5.54. The van der Waals surface area contributed by atoms with Crippen molar-refractivity contribution in [3.05, 3.63) is 59.4 Å². The quantitative estimate of drug-likeness (QED) is 0.581. The number of amides is 1. The largest absolute Gasteiger partial charge is 0.377 e. The topological polar surface area (TPSA) is 71.2 Å². The average molecular weight is 300 g/mol. The Labute approximate surface area is 129 Å². The molecule has 0 bridgehead atoms. The standard InChI is InChI=1S/C17H20N2O3/c1-13(20)15-10-16(19-11-15)17(21)18-8-5-9-22-12-14-6-3-2-4-7-14/h2-4,6-7,10-11,19H,5,8-9,12H2,1H3,(H,18,21). The van der Waals surface area contributed by atoms with Crippen LogP contribution in [0, 0.1) is 0 Å². The fourth-order valence-electron chi connectivity index (χ4n) is 1.96. The van der Waals surface area contributed by atoms with Gasteiger partial charge in [-0.1, -0.05) is 30.3 Å². The third kappa shape index (κ3) is 4.86. The van der Waals surface area contributed by atoms with E-state index in [1.54, 1.807) is 12.3 Å². The minimum Gasteiger partial charge on any atom is -0.377 e. The number of Topliss-reactive ketones (excluding diaryl/α,β-unsaturated/α-hetero) is 1. The van der Waals surface area contributed by atoms with Crippen LogP contribution in [0.3, 0.4) is 0 Å². The molecule has 1 amide bonds. The summed E-state index contributed by atoms with van der Waals surface area (Å²) in [6.07, 6.45) is 2.28. The Morgan fingerprint density at radius 1 is 1.23 bits per heavy atom. The maximum atomic E-state index is 11.8. The highest BCUT2D eigenvalue weighted by atomic mass is 16.5. The van der Waals surface area contributed by atoms with Crippen molar-refractivity contribution in [2.45, 2.75) is 20.0 Å². The molecule has 0 radical (unpaired) electrons. The van der Waals surface area contributed by atoms with Gasteiger partial charge in [0.05, 0.1) is 6.61 Å². The van der Waals surface area contributed by atoms with Crippen LogP contribution >= 0.6 is 0 Å². The number of aromatic nitrogens is 1. The first-order valence-corrected chi connectivity index (χ1v) is 7.26. The molecule has 0 aliphatic rings. The van der Waals surface area contributed by atoms with Crippen molar-refractivity contribution in [2.75, 3.05) is 13.2 Å². The minimum absolute atomic E-state index is 0.0652. The van der Waals surface area contributed by atoms with E-state index in [4.69, 9.17) is 4.74 Å². The maximum Gasteiger partial charge on any atom is 0.267 e. The highest BCUT2D eigenvalue weighted by Gasteiger charge is 2.09. The molecule has 1 aromatic carbocycles. The number of hydrogen-bond donors (Lipinski definition) is 2. The van der Waals surface area contributed by atoms with Crippen LogP contribution in [-0.2, 0) is 11.3 Å². The normalized spacial score (nSPS) is 10.4. The van der Waals surface area contributed by atoms with Gasteiger partial charge in [0.15, 0.2) is 5.78 Å². The first-order chi connectivity index (χ1) is 10.7. The second-order valence-electron chi connectivity index (χ2n) is 5.01. The van der Waals surface area contributed by atoms with E-state index in [-0.39, 0.29) is 11.7 Å². The molecule has 5 nitrogen and oxygen atoms in total. The molecule has 2 rings (SSSR count). The Morgan fingerprint density at radius 3 is 2.68 bits per heavy atom. The smallest absolute Gasteiger partial charge is 0.267 e. The van der Waals surface area contributed by atoms with Crippen molar-refractivity contribution < 1.29 is 14.3 Å². The number of benzene rings is 1. The van der Waals surface area contributed by atoms with Gasteiger partial charge < -0.3 is 15.0 Å². The number of H-pyrrole nitrogens is 1. The number of ether oxygens (including phenoxy) is 1. The van der Waals surface area contributed by atoms with Crippen LogP contribution in [0.1, 0.15) is 39.8 Å². The van der Waals surface area contributed by atoms with Crippen molar-refractivity contribution in [1.29, 1.82) is 0 Å². The number of aromatic amines is 1. The highest BCUT2D eigenvalue weighted by Crippen LogP contribution is 2.04. The van der Waals surface area contributed by atoms with E-state index >= 15 is 0 Å². The van der Waals surface area contributed by atoms with Gasteiger partial charge in [-0.25, -0.2) is 0 Å². The zero-order valence-electron chi connectivity index (χ0n) is 12.6. The van der Waals surface area contributed by atoms with Crippen LogP contribution in [-0.4, -0.2) is 29.8 Å². The third-order valence-electron chi connectivity index (χ3n) is 3.20. The summed E-state index contributed by atoms with van der Waals surface area (Å²) in [5.41, 5.74) is 2.04. The van der Waals surface area contributed by atoms with Gasteiger partial charge in [-0.05, 0) is 25.0 Å². The summed E-state index contributed by atoms with van der Waals surface area (Å²) in [6.45, 7) is 3.16. The number of carbonyl (C=O) groups excluding carboxylic acids is 2. The summed E-state index contributed by atoms with van der Waals surface area (Å²) in [5, 5.41) is 2.79. The molecule has 0 aliphatic carbocycles. The number of nitrogens with one attached hydrogen (secondary N) is 2. The van der Waals surface area contributed by atoms with Crippen LogP contribution in [0.5, 0.6) is 0 Å². The van der Waals surface area contributed by atoms with Gasteiger partial charge in [-0.2, -0.15) is 0 Å². The maximum absolute atomic E-state index is 11.8. The van der Waals surface area contributed by atoms with Gasteiger partial charge in [0, 0.05) is 24.9 Å². The average Bonchev–Trinajstić information content (AvgIpc) is 3.02. The Morgan fingerprint density at radius 2 is 2.00 bits per heavy atom. The Kier molecular flexibility index (Phi) is 5.91. The molecule has 2 aromatic rings. The SMILES string of the molecule is CC(=O)c1c[nH]c(C(=O)NCCCOCc2ccccc2)c1. The molecule has 0 atom stereocenters. The highest BCUT2D eigenvalue weighted by molar-refractivity contribution is 5.99. The van der Waals surface area contributed by atoms with Crippen molar-refractivity contribution in [2.24, 2.45) is 0 Å². The lowest BCUT2D eigenvalue weighted by Gasteiger charge is -2.05. The summed E-state index contributed by atoms with van der Waals surface area (Å²) in [4.78, 5) is 25.8. The Balaban J connectivity index is 1.62. The summed E-state index contributed by atoms with van der Waals surface area (Å²) in [5.74, 6) is -0.278. The zero-order chi connectivity index (χ0) is 15.8. The lowest BCUT2D eigenvalue weighted by atomic mass is 10.2. The van der Waals surface area contributed by atoms with Crippen LogP contribution < -0.4 is 5.32 Å². The van der Waals surface area contributed by atoms with E-state index in [9.17, 15) is 9.59 Å². The summed E-state index contributed by atoms with van der Waals surface area (Å²) >= 11 is 0. The Bertz CT molecular complexity index is 620. The molecular formula is C17H20N2O3. The van der Waals surface area contributed by atoms with E-state index in [1.807, 2.05) is 30.3 Å². The molecule has 116 valence electrons. The molecule has 2 N–H and O–H groups in total. The molecule has 0 unspecified atom stereocenters. The zero-order valence-corrected chi connectivity index (χ0v) is 12.6. The van der Waals surface area contributed by atoms with E-state index in [2.05, 4.69) is 10.3 Å². The first-order valence-electron chi connectivity index (χ1n) is 7.26. The van der Waals surface area contributed by atoms with Crippen LogP contribution in [0.15, 0.2) is 42.6 Å². The molecule has 22 heavy (non-hydrogen) atoms. The molecule has 5 heteroatoms. The fourth-order valence-corrected chi connectivity index (χ4v) is 1.96. The monoisotopic (exact) mass is 300 g/mol. The van der Waals surface area contributed by atoms with E-state index in [0.717, 1.165) is 12.0 Å². The van der Waals surface area contributed by atoms with Crippen molar-refractivity contribution in [3.63, 3.8) is 0 Å². The van der Waals surface area contributed by atoms with Crippen LogP contribution in [0.2, 0.25) is 0 Å². The minimum atomic E-state index is -0.212. The van der Waals surface area contributed by atoms with E-state index < -0.39 is 0 Å². The molecular weight excluding hydrogens is 280 g/mol. The molecule has 0 saturated carbocycles. The van der Waals surface area contributed by atoms with Crippen molar-refractivity contribution in [3.8, 4) is 0 Å². The molecule has 0 saturated heterocycles. The lowest BCUT2D eigenvalue weighted by molar-refractivity contribution is 0.0930. The molecule has 1 aromatic heterocycles. The Hall–Kier alpha value is -2.40. The number of ketones is 1. The second kappa shape index (κ2) is 8.14. The van der Waals surface area contributed by atoms with Crippen LogP contribution in [0.4, 0.5) is 0 Å². The molecule has 0 spiro atoms. The first kappa shape index (κ1) is 16.0. The predicted octanol–water partition coefficient (Wildman–Crippen LogP) is 2.55. The van der Waals surface area contributed by atoms with Gasteiger partial charge in [-0.15, -0.1) is 0 Å². The summed E-state index contributed by atoms with van der Waals surface area (Å²) in [6, 6.07) is 11.5. The number of carbonyl (C=O) groups is 2. The van der Waals surface area contributed by atoms with Gasteiger partial charge in [0.2, 0.25) is 0 Å². The van der Waals surface area contributed by atoms with Gasteiger partial charge in [-0.3, -0.25) is 9.59 Å². The molecule has 0 aliphatic heterocycles. The van der Waals surface area contributed by atoms with Gasteiger partial charge >= 0.3 is 0 Å². The summed E-state index contributed by atoms with van der Waals surface area (Å²) in [7, 11) is 0.